The molecule has 4 rings (SSSR count). The zero-order valence-corrected chi connectivity index (χ0v) is 35.5. The summed E-state index contributed by atoms with van der Waals surface area (Å²) in [6.07, 6.45) is -5.78. The lowest BCUT2D eigenvalue weighted by atomic mass is 10.1. The van der Waals surface area contributed by atoms with E-state index in [0.29, 0.717) is 28.4 Å². The van der Waals surface area contributed by atoms with Gasteiger partial charge in [0.1, 0.15) is 5.56 Å². The fraction of sp³-hybridized carbons (Fsp3) is 0.364. The largest absolute Gasteiger partial charge is 0.487 e. The van der Waals surface area contributed by atoms with E-state index in [1.165, 1.54) is 50.6 Å². The molecule has 0 aliphatic heterocycles. The molecule has 0 spiro atoms. The first-order valence-electron chi connectivity index (χ1n) is 18.7. The highest BCUT2D eigenvalue weighted by atomic mass is 19.4. The molecule has 4 N–H and O–H groups in total. The van der Waals surface area contributed by atoms with Crippen LogP contribution >= 0.6 is 0 Å². The molecule has 0 aromatic heterocycles. The molecule has 13 nitrogen and oxygen atoms in total. The van der Waals surface area contributed by atoms with Crippen LogP contribution < -0.4 is 30.0 Å². The van der Waals surface area contributed by atoms with Gasteiger partial charge in [-0.05, 0) is 141 Å². The molecule has 0 aliphatic rings. The molecule has 326 valence electrons. The van der Waals surface area contributed by atoms with Crippen LogP contribution in [0.1, 0.15) is 108 Å². The van der Waals surface area contributed by atoms with Crippen molar-refractivity contribution in [3.8, 4) is 23.0 Å². The number of carboxylic acid groups (broad SMARTS) is 1. The number of aromatic carboxylic acids is 1. The summed E-state index contributed by atoms with van der Waals surface area (Å²) in [5, 5.41) is 11.6. The van der Waals surface area contributed by atoms with Gasteiger partial charge in [-0.2, -0.15) is 13.2 Å². The molecule has 0 bridgehead atoms. The Bertz CT molecular complexity index is 2060. The molecular formula is C44H53F3N2O11. The van der Waals surface area contributed by atoms with Crippen LogP contribution in [0.25, 0.3) is 0 Å². The molecule has 0 aliphatic carbocycles. The van der Waals surface area contributed by atoms with Gasteiger partial charge in [-0.3, -0.25) is 4.79 Å². The zero-order valence-electron chi connectivity index (χ0n) is 35.5. The minimum atomic E-state index is -4.77. The van der Waals surface area contributed by atoms with Crippen LogP contribution in [0.3, 0.4) is 0 Å². The summed E-state index contributed by atoms with van der Waals surface area (Å²) < 4.78 is 72.5. The van der Waals surface area contributed by atoms with Gasteiger partial charge in [0.05, 0.1) is 55.3 Å². The highest BCUT2D eigenvalue weighted by molar-refractivity contribution is 6.05. The Morgan fingerprint density at radius 1 is 0.600 bits per heavy atom. The van der Waals surface area contributed by atoms with Crippen LogP contribution in [-0.2, 0) is 15.7 Å². The van der Waals surface area contributed by atoms with E-state index in [1.54, 1.807) is 58.0 Å². The first kappa shape index (κ1) is 49.7. The monoisotopic (exact) mass is 842 g/mol. The first-order chi connectivity index (χ1) is 28.0. The molecule has 1 amide bonds. The lowest BCUT2D eigenvalue weighted by molar-refractivity contribution is -0.139. The number of aryl methyl sites for hydroxylation is 1. The third kappa shape index (κ3) is 15.7. The van der Waals surface area contributed by atoms with Gasteiger partial charge < -0.3 is 44.6 Å². The summed E-state index contributed by atoms with van der Waals surface area (Å²) in [5.41, 5.74) is 6.74. The Hall–Kier alpha value is -6.45. The molecule has 0 saturated carbocycles. The van der Waals surface area contributed by atoms with Crippen LogP contribution in [-0.4, -0.2) is 67.6 Å². The lowest BCUT2D eigenvalue weighted by Gasteiger charge is -2.22. The second-order valence-electron chi connectivity index (χ2n) is 14.1. The topological polar surface area (TPSA) is 182 Å². The molecule has 0 saturated heterocycles. The molecule has 4 aromatic rings. The molecule has 60 heavy (non-hydrogen) atoms. The van der Waals surface area contributed by atoms with Gasteiger partial charge in [0.25, 0.3) is 5.91 Å². The number of nitrogens with one attached hydrogen (secondary N) is 1. The van der Waals surface area contributed by atoms with E-state index < -0.39 is 47.5 Å². The smallest absolute Gasteiger partial charge is 0.420 e. The fourth-order valence-corrected chi connectivity index (χ4v) is 4.98. The maximum atomic E-state index is 13.7. The predicted octanol–water partition coefficient (Wildman–Crippen LogP) is 9.64. The van der Waals surface area contributed by atoms with Gasteiger partial charge in [-0.1, -0.05) is 0 Å². The summed E-state index contributed by atoms with van der Waals surface area (Å²) >= 11 is 0. The van der Waals surface area contributed by atoms with E-state index >= 15 is 0 Å². The van der Waals surface area contributed by atoms with Crippen molar-refractivity contribution in [2.45, 2.75) is 92.9 Å². The molecule has 0 fully saturated rings. The number of rotatable bonds is 13. The van der Waals surface area contributed by atoms with Crippen molar-refractivity contribution in [3.05, 3.63) is 106 Å². The van der Waals surface area contributed by atoms with Gasteiger partial charge in [0.15, 0.2) is 23.0 Å². The van der Waals surface area contributed by atoms with Crippen molar-refractivity contribution in [1.82, 2.24) is 0 Å². The van der Waals surface area contributed by atoms with Crippen molar-refractivity contribution in [3.63, 3.8) is 0 Å². The number of hydrogen-bond donors (Lipinski definition) is 3. The maximum Gasteiger partial charge on any atom is 0.420 e. The third-order valence-corrected chi connectivity index (χ3v) is 7.44. The Morgan fingerprint density at radius 2 is 1.02 bits per heavy atom. The number of ether oxygens (including phenoxy) is 6. The van der Waals surface area contributed by atoms with E-state index in [-0.39, 0.29) is 40.6 Å². The second kappa shape index (κ2) is 22.6. The highest BCUT2D eigenvalue weighted by Gasteiger charge is 2.38. The minimum absolute atomic E-state index is 0.00823. The van der Waals surface area contributed by atoms with Gasteiger partial charge >= 0.3 is 24.1 Å². The molecular weight excluding hydrogens is 789 g/mol. The van der Waals surface area contributed by atoms with E-state index in [9.17, 15) is 32.3 Å². The van der Waals surface area contributed by atoms with Crippen molar-refractivity contribution < 1.29 is 65.9 Å². The molecule has 0 radical (unpaired) electrons. The summed E-state index contributed by atoms with van der Waals surface area (Å²) in [6, 6.07) is 17.3. The number of esters is 2. The zero-order chi connectivity index (χ0) is 45.5. The van der Waals surface area contributed by atoms with Gasteiger partial charge in [-0.25, -0.2) is 14.4 Å². The average molecular weight is 843 g/mol. The number of alkyl halides is 3. The Balaban J connectivity index is 0.000000357. The van der Waals surface area contributed by atoms with Gasteiger partial charge in [-0.15, -0.1) is 0 Å². The third-order valence-electron chi connectivity index (χ3n) is 7.44. The van der Waals surface area contributed by atoms with Crippen molar-refractivity contribution in [1.29, 1.82) is 0 Å². The number of carboxylic acids is 1. The number of carbonyl (C=O) groups is 4. The number of anilines is 2. The van der Waals surface area contributed by atoms with Crippen molar-refractivity contribution in [2.75, 3.05) is 25.3 Å². The second-order valence-corrected chi connectivity index (χ2v) is 14.1. The first-order valence-corrected chi connectivity index (χ1v) is 18.7. The van der Waals surface area contributed by atoms with Crippen molar-refractivity contribution >= 4 is 35.2 Å². The van der Waals surface area contributed by atoms with Gasteiger partial charge in [0, 0.05) is 16.9 Å². The number of methoxy groups -OCH3 is 2. The van der Waals surface area contributed by atoms with E-state index in [1.807, 2.05) is 34.6 Å². The molecule has 0 atom stereocenters. The van der Waals surface area contributed by atoms with Gasteiger partial charge in [0.2, 0.25) is 0 Å². The lowest BCUT2D eigenvalue weighted by Crippen LogP contribution is -2.19. The number of nitrogen functional groups attached to an aromatic ring is 1. The normalized spacial score (nSPS) is 10.8. The molecule has 0 heterocycles. The van der Waals surface area contributed by atoms with E-state index in [2.05, 4.69) is 14.8 Å². The fourth-order valence-electron chi connectivity index (χ4n) is 4.98. The predicted molar refractivity (Wildman–Crippen MR) is 221 cm³/mol. The number of amides is 1. The average Bonchev–Trinajstić information content (AvgIpc) is 3.15. The highest BCUT2D eigenvalue weighted by Crippen LogP contribution is 2.44. The Morgan fingerprint density at radius 3 is 1.43 bits per heavy atom. The van der Waals surface area contributed by atoms with Crippen LogP contribution in [0.2, 0.25) is 0 Å². The van der Waals surface area contributed by atoms with E-state index in [4.69, 9.17) is 29.8 Å². The molecule has 16 heteroatoms. The SMILES string of the molecule is COC(=O)c1ccc(N)cc1.COC(=O)c1ccc(NC(=O)c2cc(OC(C)C)c(OC(C)C)c(C(F)(F)F)c2)cc1.Cc1cc(C(=O)O)cc(OC(C)C)c1OC(C)C. The Kier molecular flexibility index (Phi) is 18.7. The quantitative estimate of drug-likeness (QED) is 0.0858. The summed E-state index contributed by atoms with van der Waals surface area (Å²) in [5.74, 6) is -2.18. The summed E-state index contributed by atoms with van der Waals surface area (Å²) in [7, 11) is 2.58. The molecule has 0 unspecified atom stereocenters. The Labute approximate surface area is 347 Å². The number of nitrogens with two attached hydrogens (primary N) is 1. The van der Waals surface area contributed by atoms with Crippen LogP contribution in [0.15, 0.2) is 72.8 Å². The van der Waals surface area contributed by atoms with Crippen molar-refractivity contribution in [2.24, 2.45) is 0 Å². The standard InChI is InChI=1S/C22H24F3NO5.C14H20O4.C8H9NO2/c1-12(2)30-18-11-15(10-17(22(23,24)25)19(18)31-13(3)4)20(27)26-16-8-6-14(7-9-16)21(28)29-5;1-8(2)17-12-7-11(14(15)16)6-10(5)13(12)18-9(3)4;1-11-8(10)6-2-4-7(9)5-3-6/h6-13H,1-5H3,(H,26,27);6-9H,1-5H3,(H,15,16);2-5H,9H2,1H3. The number of hydrogen-bond acceptors (Lipinski definition) is 11. The minimum Gasteiger partial charge on any atom is -0.487 e. The van der Waals surface area contributed by atoms with E-state index in [0.717, 1.165) is 11.6 Å². The molecule has 4 aromatic carbocycles. The van der Waals surface area contributed by atoms with Crippen LogP contribution in [0.5, 0.6) is 23.0 Å². The number of halogens is 3. The number of benzene rings is 4. The van der Waals surface area contributed by atoms with Crippen LogP contribution in [0, 0.1) is 6.92 Å². The number of carbonyl (C=O) groups excluding carboxylic acids is 3. The maximum absolute atomic E-state index is 13.7. The summed E-state index contributed by atoms with van der Waals surface area (Å²) in [4.78, 5) is 46.1. The summed E-state index contributed by atoms with van der Waals surface area (Å²) in [6.45, 7) is 15.9. The van der Waals surface area contributed by atoms with Crippen LogP contribution in [0.4, 0.5) is 24.5 Å².